The summed E-state index contributed by atoms with van der Waals surface area (Å²) in [5.74, 6) is 0. The molecule has 0 aliphatic carbocycles. The summed E-state index contributed by atoms with van der Waals surface area (Å²) in [5.41, 5.74) is 1.26. The summed E-state index contributed by atoms with van der Waals surface area (Å²) < 4.78 is 0. The Morgan fingerprint density at radius 1 is 1.29 bits per heavy atom. The highest BCUT2D eigenvalue weighted by atomic mass is 16.3. The molecule has 0 spiro atoms. The van der Waals surface area contributed by atoms with Crippen LogP contribution >= 0.6 is 0 Å². The quantitative estimate of drug-likeness (QED) is 0.541. The first-order chi connectivity index (χ1) is 6.86. The van der Waals surface area contributed by atoms with Crippen molar-refractivity contribution in [2.24, 2.45) is 0 Å². The zero-order chi connectivity index (χ0) is 10.2. The molecule has 0 aromatic heterocycles. The number of carbonyl (C=O) groups excluding carboxylic acids is 1. The molecule has 0 aliphatic heterocycles. The Labute approximate surface area is 84.0 Å². The van der Waals surface area contributed by atoms with Crippen molar-refractivity contribution in [2.75, 3.05) is 13.3 Å². The maximum absolute atomic E-state index is 10.3. The topological polar surface area (TPSA) is 40.5 Å². The molecule has 0 atom stereocenters. The number of aryl methyl sites for hydroxylation is 1. The number of aliphatic hydroxyl groups is 1. The van der Waals surface area contributed by atoms with Crippen LogP contribution in [-0.4, -0.2) is 29.7 Å². The summed E-state index contributed by atoms with van der Waals surface area (Å²) >= 11 is 0. The molecular weight excluding hydrogens is 178 g/mol. The van der Waals surface area contributed by atoms with Gasteiger partial charge in [0.2, 0.25) is 6.41 Å². The molecule has 0 aliphatic rings. The van der Waals surface area contributed by atoms with E-state index in [9.17, 15) is 4.79 Å². The van der Waals surface area contributed by atoms with Crippen molar-refractivity contribution >= 4 is 6.41 Å². The van der Waals surface area contributed by atoms with E-state index in [0.717, 1.165) is 12.8 Å². The molecule has 1 amide bonds. The Balaban J connectivity index is 2.25. The lowest BCUT2D eigenvalue weighted by Crippen LogP contribution is -2.24. The molecule has 1 rings (SSSR count). The van der Waals surface area contributed by atoms with Crippen molar-refractivity contribution in [2.45, 2.75) is 12.8 Å². The van der Waals surface area contributed by atoms with Gasteiger partial charge in [-0.05, 0) is 18.4 Å². The van der Waals surface area contributed by atoms with Gasteiger partial charge in [-0.2, -0.15) is 0 Å². The van der Waals surface area contributed by atoms with E-state index in [2.05, 4.69) is 12.1 Å². The van der Waals surface area contributed by atoms with E-state index in [0.29, 0.717) is 13.0 Å². The lowest BCUT2D eigenvalue weighted by molar-refractivity contribution is -0.121. The molecule has 1 aromatic rings. The highest BCUT2D eigenvalue weighted by molar-refractivity contribution is 5.46. The van der Waals surface area contributed by atoms with E-state index in [1.165, 1.54) is 10.5 Å². The third-order valence-electron chi connectivity index (χ3n) is 2.08. The van der Waals surface area contributed by atoms with Gasteiger partial charge in [-0.1, -0.05) is 30.3 Å². The summed E-state index contributed by atoms with van der Waals surface area (Å²) in [6.07, 6.45) is 2.49. The number of rotatable bonds is 6. The first-order valence-corrected chi connectivity index (χ1v) is 4.71. The van der Waals surface area contributed by atoms with Gasteiger partial charge in [-0.3, -0.25) is 4.79 Å². The van der Waals surface area contributed by atoms with Gasteiger partial charge in [0, 0.05) is 6.54 Å². The van der Waals surface area contributed by atoms with Gasteiger partial charge in [0.05, 0.1) is 0 Å². The second kappa shape index (κ2) is 6.16. The lowest BCUT2D eigenvalue weighted by Gasteiger charge is -2.12. The summed E-state index contributed by atoms with van der Waals surface area (Å²) in [7, 11) is 0. The van der Waals surface area contributed by atoms with Gasteiger partial charge in [0.15, 0.2) is 0 Å². The predicted octanol–water partition coefficient (Wildman–Crippen LogP) is 1.03. The van der Waals surface area contributed by atoms with Crippen LogP contribution in [0, 0.1) is 0 Å². The van der Waals surface area contributed by atoms with Crippen LogP contribution in [0.1, 0.15) is 12.0 Å². The summed E-state index contributed by atoms with van der Waals surface area (Å²) in [4.78, 5) is 11.7. The third kappa shape index (κ3) is 3.58. The molecule has 0 saturated heterocycles. The third-order valence-corrected chi connectivity index (χ3v) is 2.08. The van der Waals surface area contributed by atoms with Crippen LogP contribution in [0.25, 0.3) is 0 Å². The molecule has 0 radical (unpaired) electrons. The largest absolute Gasteiger partial charge is 0.376 e. The first kappa shape index (κ1) is 10.7. The molecule has 1 N–H and O–H groups in total. The van der Waals surface area contributed by atoms with Crippen LogP contribution in [0.4, 0.5) is 0 Å². The Morgan fingerprint density at radius 3 is 2.57 bits per heavy atom. The monoisotopic (exact) mass is 193 g/mol. The fourth-order valence-corrected chi connectivity index (χ4v) is 1.29. The molecule has 76 valence electrons. The van der Waals surface area contributed by atoms with Crippen LogP contribution in [0.15, 0.2) is 30.3 Å². The van der Waals surface area contributed by atoms with E-state index in [1.54, 1.807) is 0 Å². The van der Waals surface area contributed by atoms with E-state index in [4.69, 9.17) is 5.11 Å². The molecule has 1 aromatic carbocycles. The summed E-state index contributed by atoms with van der Waals surface area (Å²) in [5, 5.41) is 8.72. The molecule has 0 saturated carbocycles. The average Bonchev–Trinajstić information content (AvgIpc) is 2.26. The van der Waals surface area contributed by atoms with Crippen molar-refractivity contribution in [3.63, 3.8) is 0 Å². The fourth-order valence-electron chi connectivity index (χ4n) is 1.29. The second-order valence-corrected chi connectivity index (χ2v) is 3.15. The SMILES string of the molecule is O=CN(CO)CCCc1ccccc1. The van der Waals surface area contributed by atoms with Gasteiger partial charge in [0.1, 0.15) is 6.73 Å². The number of carbonyl (C=O) groups is 1. The van der Waals surface area contributed by atoms with Crippen LogP contribution in [0.2, 0.25) is 0 Å². The Kier molecular flexibility index (Phi) is 4.72. The number of aliphatic hydroxyl groups excluding tert-OH is 1. The highest BCUT2D eigenvalue weighted by Crippen LogP contribution is 2.02. The number of amides is 1. The minimum Gasteiger partial charge on any atom is -0.376 e. The smallest absolute Gasteiger partial charge is 0.211 e. The maximum Gasteiger partial charge on any atom is 0.211 e. The first-order valence-electron chi connectivity index (χ1n) is 4.71. The van der Waals surface area contributed by atoms with Crippen molar-refractivity contribution < 1.29 is 9.90 Å². The van der Waals surface area contributed by atoms with Crippen LogP contribution in [-0.2, 0) is 11.2 Å². The van der Waals surface area contributed by atoms with Crippen molar-refractivity contribution in [1.82, 2.24) is 4.90 Å². The van der Waals surface area contributed by atoms with E-state index in [-0.39, 0.29) is 6.73 Å². The van der Waals surface area contributed by atoms with Crippen molar-refractivity contribution in [3.05, 3.63) is 35.9 Å². The fraction of sp³-hybridized carbons (Fsp3) is 0.364. The molecule has 14 heavy (non-hydrogen) atoms. The molecule has 0 heterocycles. The van der Waals surface area contributed by atoms with Gasteiger partial charge < -0.3 is 10.0 Å². The number of hydrogen-bond donors (Lipinski definition) is 1. The normalized spacial score (nSPS) is 9.79. The van der Waals surface area contributed by atoms with Gasteiger partial charge in [-0.15, -0.1) is 0 Å². The molecule has 0 unspecified atom stereocenters. The minimum absolute atomic E-state index is 0.196. The van der Waals surface area contributed by atoms with Gasteiger partial charge >= 0.3 is 0 Å². The van der Waals surface area contributed by atoms with E-state index >= 15 is 0 Å². The van der Waals surface area contributed by atoms with Gasteiger partial charge in [0.25, 0.3) is 0 Å². The van der Waals surface area contributed by atoms with Crippen LogP contribution < -0.4 is 0 Å². The standard InChI is InChI=1S/C11H15NO2/c13-9-12(10-14)8-4-7-11-5-2-1-3-6-11/h1-3,5-6,9,14H,4,7-8,10H2. The minimum atomic E-state index is -0.196. The Bertz CT molecular complexity index is 261. The van der Waals surface area contributed by atoms with E-state index < -0.39 is 0 Å². The molecular formula is C11H15NO2. The number of hydrogen-bond acceptors (Lipinski definition) is 2. The highest BCUT2D eigenvalue weighted by Gasteiger charge is 1.98. The van der Waals surface area contributed by atoms with E-state index in [1.807, 2.05) is 18.2 Å². The summed E-state index contributed by atoms with van der Waals surface area (Å²) in [6.45, 7) is 0.410. The molecule has 0 fully saturated rings. The second-order valence-electron chi connectivity index (χ2n) is 3.15. The molecule has 3 nitrogen and oxygen atoms in total. The average molecular weight is 193 g/mol. The number of benzene rings is 1. The zero-order valence-electron chi connectivity index (χ0n) is 8.10. The molecule has 3 heteroatoms. The van der Waals surface area contributed by atoms with Gasteiger partial charge in [-0.25, -0.2) is 0 Å². The molecule has 0 bridgehead atoms. The maximum atomic E-state index is 10.3. The van der Waals surface area contributed by atoms with Crippen LogP contribution in [0.3, 0.4) is 0 Å². The zero-order valence-corrected chi connectivity index (χ0v) is 8.10. The van der Waals surface area contributed by atoms with Crippen LogP contribution in [0.5, 0.6) is 0 Å². The lowest BCUT2D eigenvalue weighted by atomic mass is 10.1. The van der Waals surface area contributed by atoms with Crippen molar-refractivity contribution in [3.8, 4) is 0 Å². The number of nitrogens with zero attached hydrogens (tertiary/aromatic N) is 1. The Hall–Kier alpha value is -1.35. The Morgan fingerprint density at radius 2 is 2.00 bits per heavy atom. The summed E-state index contributed by atoms with van der Waals surface area (Å²) in [6, 6.07) is 10.1. The predicted molar refractivity (Wildman–Crippen MR) is 54.6 cm³/mol. The van der Waals surface area contributed by atoms with Crippen molar-refractivity contribution in [1.29, 1.82) is 0 Å².